The maximum Gasteiger partial charge on any atom is 0.191 e. The van der Waals surface area contributed by atoms with Gasteiger partial charge < -0.3 is 15.2 Å². The zero-order valence-corrected chi connectivity index (χ0v) is 12.0. The van der Waals surface area contributed by atoms with Crippen LogP contribution >= 0.6 is 0 Å². The van der Waals surface area contributed by atoms with Gasteiger partial charge in [-0.1, -0.05) is 12.1 Å². The van der Waals surface area contributed by atoms with Crippen LogP contribution in [0.5, 0.6) is 0 Å². The highest BCUT2D eigenvalue weighted by atomic mass is 16.5. The number of aromatic nitrogens is 1. The zero-order chi connectivity index (χ0) is 13.5. The van der Waals surface area contributed by atoms with Crippen molar-refractivity contribution < 1.29 is 4.52 Å². The van der Waals surface area contributed by atoms with Gasteiger partial charge in [0.15, 0.2) is 5.96 Å². The molecule has 0 aliphatic carbocycles. The molecule has 1 heterocycles. The molecule has 0 amide bonds. The second kappa shape index (κ2) is 7.03. The van der Waals surface area contributed by atoms with Crippen molar-refractivity contribution in [3.8, 4) is 0 Å². The highest BCUT2D eigenvalue weighted by molar-refractivity contribution is 5.79. The molecule has 0 aliphatic rings. The predicted octanol–water partition coefficient (Wildman–Crippen LogP) is 1.80. The van der Waals surface area contributed by atoms with Gasteiger partial charge in [-0.3, -0.25) is 4.99 Å². The van der Waals surface area contributed by atoms with Crippen LogP contribution in [0.1, 0.15) is 37.3 Å². The van der Waals surface area contributed by atoms with Crippen LogP contribution in [0.4, 0.5) is 0 Å². The molecule has 102 valence electrons. The zero-order valence-electron chi connectivity index (χ0n) is 12.0. The minimum absolute atomic E-state index is 0.426. The summed E-state index contributed by atoms with van der Waals surface area (Å²) in [4.78, 5) is 4.20. The Morgan fingerprint density at radius 2 is 2.17 bits per heavy atom. The summed E-state index contributed by atoms with van der Waals surface area (Å²) in [7, 11) is 1.79. The Hall–Kier alpha value is -1.52. The van der Waals surface area contributed by atoms with Crippen molar-refractivity contribution in [2.24, 2.45) is 4.99 Å². The van der Waals surface area contributed by atoms with E-state index >= 15 is 0 Å². The van der Waals surface area contributed by atoms with Crippen LogP contribution in [0.15, 0.2) is 9.52 Å². The molecule has 2 N–H and O–H groups in total. The van der Waals surface area contributed by atoms with Gasteiger partial charge >= 0.3 is 0 Å². The van der Waals surface area contributed by atoms with Crippen LogP contribution in [0.2, 0.25) is 0 Å². The lowest BCUT2D eigenvalue weighted by molar-refractivity contribution is 0.392. The van der Waals surface area contributed by atoms with Crippen molar-refractivity contribution >= 4 is 5.96 Å². The standard InChI is InChI=1S/C13H24N4O/c1-6-9(2)16-13(14-5)15-8-7-12-10(3)17-18-11(12)4/h9H,6-8H2,1-5H3,(H2,14,15,16). The third kappa shape index (κ3) is 4.05. The first-order valence-corrected chi connectivity index (χ1v) is 6.47. The van der Waals surface area contributed by atoms with Gasteiger partial charge in [-0.15, -0.1) is 0 Å². The Balaban J connectivity index is 2.41. The van der Waals surface area contributed by atoms with Crippen LogP contribution in [-0.4, -0.2) is 30.8 Å². The van der Waals surface area contributed by atoms with Gasteiger partial charge in [0.2, 0.25) is 0 Å². The molecule has 1 aromatic heterocycles. The van der Waals surface area contributed by atoms with Crippen molar-refractivity contribution in [2.75, 3.05) is 13.6 Å². The van der Waals surface area contributed by atoms with E-state index in [2.05, 4.69) is 34.6 Å². The molecular weight excluding hydrogens is 228 g/mol. The number of aryl methyl sites for hydroxylation is 2. The highest BCUT2D eigenvalue weighted by Crippen LogP contribution is 2.11. The number of nitrogens with one attached hydrogen (secondary N) is 2. The summed E-state index contributed by atoms with van der Waals surface area (Å²) >= 11 is 0. The summed E-state index contributed by atoms with van der Waals surface area (Å²) < 4.78 is 5.14. The second-order valence-electron chi connectivity index (χ2n) is 4.51. The third-order valence-corrected chi connectivity index (χ3v) is 3.07. The summed E-state index contributed by atoms with van der Waals surface area (Å²) in [6.45, 7) is 9.02. The molecule has 1 atom stereocenters. The third-order valence-electron chi connectivity index (χ3n) is 3.07. The van der Waals surface area contributed by atoms with E-state index in [0.29, 0.717) is 6.04 Å². The van der Waals surface area contributed by atoms with Gasteiger partial charge in [0.05, 0.1) is 5.69 Å². The Morgan fingerprint density at radius 3 is 2.67 bits per heavy atom. The molecule has 0 aliphatic heterocycles. The van der Waals surface area contributed by atoms with Crippen molar-refractivity contribution in [1.82, 2.24) is 15.8 Å². The Kier molecular flexibility index (Phi) is 5.68. The fraction of sp³-hybridized carbons (Fsp3) is 0.692. The van der Waals surface area contributed by atoms with Gasteiger partial charge in [-0.05, 0) is 33.6 Å². The molecule has 1 rings (SSSR count). The minimum Gasteiger partial charge on any atom is -0.361 e. The number of hydrogen-bond acceptors (Lipinski definition) is 3. The minimum atomic E-state index is 0.426. The van der Waals surface area contributed by atoms with Crippen LogP contribution in [0, 0.1) is 13.8 Å². The maximum absolute atomic E-state index is 5.14. The van der Waals surface area contributed by atoms with E-state index in [4.69, 9.17) is 4.52 Å². The number of nitrogens with zero attached hydrogens (tertiary/aromatic N) is 2. The number of aliphatic imine (C=N–C) groups is 1. The van der Waals surface area contributed by atoms with Gasteiger partial charge in [-0.2, -0.15) is 0 Å². The lowest BCUT2D eigenvalue weighted by Gasteiger charge is -2.16. The molecule has 0 saturated heterocycles. The first-order valence-electron chi connectivity index (χ1n) is 6.47. The van der Waals surface area contributed by atoms with Crippen LogP contribution in [0.3, 0.4) is 0 Å². The van der Waals surface area contributed by atoms with Gasteiger partial charge in [-0.25, -0.2) is 0 Å². The second-order valence-corrected chi connectivity index (χ2v) is 4.51. The number of guanidine groups is 1. The van der Waals surface area contributed by atoms with E-state index in [-0.39, 0.29) is 0 Å². The Labute approximate surface area is 109 Å². The first kappa shape index (κ1) is 14.5. The number of hydrogen-bond donors (Lipinski definition) is 2. The van der Waals surface area contributed by atoms with Gasteiger partial charge in [0.25, 0.3) is 0 Å². The average molecular weight is 252 g/mol. The normalized spacial score (nSPS) is 13.5. The molecule has 18 heavy (non-hydrogen) atoms. The van der Waals surface area contributed by atoms with Crippen LogP contribution < -0.4 is 10.6 Å². The first-order chi connectivity index (χ1) is 8.58. The fourth-order valence-corrected chi connectivity index (χ4v) is 1.69. The molecule has 5 nitrogen and oxygen atoms in total. The van der Waals surface area contributed by atoms with E-state index in [1.807, 2.05) is 13.8 Å². The molecule has 0 fully saturated rings. The molecular formula is C13H24N4O. The monoisotopic (exact) mass is 252 g/mol. The fourth-order valence-electron chi connectivity index (χ4n) is 1.69. The number of rotatable bonds is 5. The van der Waals surface area contributed by atoms with E-state index in [0.717, 1.165) is 36.8 Å². The molecule has 0 bridgehead atoms. The van der Waals surface area contributed by atoms with E-state index < -0.39 is 0 Å². The summed E-state index contributed by atoms with van der Waals surface area (Å²) in [5, 5.41) is 10.6. The Bertz CT molecular complexity index is 378. The summed E-state index contributed by atoms with van der Waals surface area (Å²) in [5.41, 5.74) is 2.15. The van der Waals surface area contributed by atoms with Crippen molar-refractivity contribution in [3.05, 3.63) is 17.0 Å². The summed E-state index contributed by atoms with van der Waals surface area (Å²) in [6, 6.07) is 0.426. The van der Waals surface area contributed by atoms with Crippen molar-refractivity contribution in [1.29, 1.82) is 0 Å². The maximum atomic E-state index is 5.14. The van der Waals surface area contributed by atoms with Gasteiger partial charge in [0, 0.05) is 25.2 Å². The molecule has 0 aromatic carbocycles. The van der Waals surface area contributed by atoms with Crippen molar-refractivity contribution in [2.45, 2.75) is 46.6 Å². The Morgan fingerprint density at radius 1 is 1.44 bits per heavy atom. The van der Waals surface area contributed by atoms with Gasteiger partial charge in [0.1, 0.15) is 5.76 Å². The topological polar surface area (TPSA) is 62.5 Å². The molecule has 0 spiro atoms. The predicted molar refractivity (Wildman–Crippen MR) is 73.9 cm³/mol. The summed E-state index contributed by atoms with van der Waals surface area (Å²) in [5.74, 6) is 1.75. The van der Waals surface area contributed by atoms with E-state index in [9.17, 15) is 0 Å². The molecule has 5 heteroatoms. The highest BCUT2D eigenvalue weighted by Gasteiger charge is 2.09. The average Bonchev–Trinajstić information content (AvgIpc) is 2.68. The largest absolute Gasteiger partial charge is 0.361 e. The molecule has 1 aromatic rings. The molecule has 1 unspecified atom stereocenters. The quantitative estimate of drug-likeness (QED) is 0.619. The molecule has 0 saturated carbocycles. The summed E-state index contributed by atoms with van der Waals surface area (Å²) in [6.07, 6.45) is 1.97. The van der Waals surface area contributed by atoms with Crippen molar-refractivity contribution in [3.63, 3.8) is 0 Å². The SMILES string of the molecule is CCC(C)NC(=NC)NCCc1c(C)noc1C. The lowest BCUT2D eigenvalue weighted by Crippen LogP contribution is -2.42. The molecule has 0 radical (unpaired) electrons. The van der Waals surface area contributed by atoms with E-state index in [1.54, 1.807) is 7.05 Å². The van der Waals surface area contributed by atoms with E-state index in [1.165, 1.54) is 5.56 Å². The smallest absolute Gasteiger partial charge is 0.191 e. The van der Waals surface area contributed by atoms with Crippen LogP contribution in [0.25, 0.3) is 0 Å². The van der Waals surface area contributed by atoms with Crippen LogP contribution in [-0.2, 0) is 6.42 Å². The lowest BCUT2D eigenvalue weighted by atomic mass is 10.1.